The van der Waals surface area contributed by atoms with Crippen LogP contribution >= 0.6 is 0 Å². The van der Waals surface area contributed by atoms with E-state index in [0.717, 1.165) is 29.5 Å². The normalized spacial score (nSPS) is 14.3. The number of halogens is 2. The third kappa shape index (κ3) is 9.74. The SMILES string of the molecule is CC(NC(=O)OC(C)(C)C)C(=O)Nc1cccc(-c2ccn(C(Cc3ccncc3)c3ccc(OC(F)F)c(OCC4CC4)c3)n2)c1. The molecule has 1 fully saturated rings. The molecule has 0 saturated heterocycles. The van der Waals surface area contributed by atoms with Crippen molar-refractivity contribution in [1.82, 2.24) is 20.1 Å². The lowest BCUT2D eigenvalue weighted by molar-refractivity contribution is -0.117. The Bertz CT molecular complexity index is 1670. The van der Waals surface area contributed by atoms with Gasteiger partial charge in [-0.2, -0.15) is 13.9 Å². The zero-order chi connectivity index (χ0) is 33.6. The molecule has 2 N–H and O–H groups in total. The largest absolute Gasteiger partial charge is 0.489 e. The van der Waals surface area contributed by atoms with Gasteiger partial charge in [-0.25, -0.2) is 4.79 Å². The first-order valence-corrected chi connectivity index (χ1v) is 15.5. The molecule has 2 aromatic heterocycles. The number of carbonyl (C=O) groups excluding carboxylic acids is 2. The smallest absolute Gasteiger partial charge is 0.408 e. The highest BCUT2D eigenvalue weighted by atomic mass is 19.3. The van der Waals surface area contributed by atoms with Gasteiger partial charge in [0.05, 0.1) is 18.3 Å². The van der Waals surface area contributed by atoms with E-state index in [1.165, 1.54) is 6.07 Å². The highest BCUT2D eigenvalue weighted by Crippen LogP contribution is 2.37. The van der Waals surface area contributed by atoms with Crippen molar-refractivity contribution >= 4 is 17.7 Å². The molecule has 1 aliphatic rings. The average molecular weight is 648 g/mol. The minimum Gasteiger partial charge on any atom is -0.489 e. The second-order valence-corrected chi connectivity index (χ2v) is 12.5. The Kier molecular flexibility index (Phi) is 10.4. The van der Waals surface area contributed by atoms with Crippen LogP contribution in [0.3, 0.4) is 0 Å². The molecule has 248 valence electrons. The predicted octanol–water partition coefficient (Wildman–Crippen LogP) is 7.02. The van der Waals surface area contributed by atoms with E-state index in [4.69, 9.17) is 19.3 Å². The van der Waals surface area contributed by atoms with Crippen LogP contribution in [0.5, 0.6) is 11.5 Å². The summed E-state index contributed by atoms with van der Waals surface area (Å²) in [7, 11) is 0. The fourth-order valence-electron chi connectivity index (χ4n) is 4.86. The number of amides is 2. The maximum Gasteiger partial charge on any atom is 0.408 e. The van der Waals surface area contributed by atoms with Crippen LogP contribution in [0.25, 0.3) is 11.3 Å². The number of nitrogens with one attached hydrogen (secondary N) is 2. The van der Waals surface area contributed by atoms with Gasteiger partial charge in [0.1, 0.15) is 11.6 Å². The van der Waals surface area contributed by atoms with E-state index in [1.54, 1.807) is 70.4 Å². The molecule has 2 heterocycles. The first-order chi connectivity index (χ1) is 22.4. The molecule has 0 aliphatic heterocycles. The number of aromatic nitrogens is 3. The second kappa shape index (κ2) is 14.6. The van der Waals surface area contributed by atoms with Gasteiger partial charge in [0.2, 0.25) is 5.91 Å². The molecular weight excluding hydrogens is 608 g/mol. The number of alkyl halides is 2. The number of anilines is 1. The summed E-state index contributed by atoms with van der Waals surface area (Å²) in [6.07, 6.45) is 7.25. The maximum absolute atomic E-state index is 13.2. The quantitative estimate of drug-likeness (QED) is 0.160. The Labute approximate surface area is 272 Å². The van der Waals surface area contributed by atoms with E-state index in [-0.39, 0.29) is 17.5 Å². The maximum atomic E-state index is 13.2. The third-order valence-electron chi connectivity index (χ3n) is 7.40. The fraction of sp³-hybridized carbons (Fsp3) is 0.371. The summed E-state index contributed by atoms with van der Waals surface area (Å²) < 4.78 is 44.2. The second-order valence-electron chi connectivity index (χ2n) is 12.5. The number of rotatable bonds is 13. The molecule has 10 nitrogen and oxygen atoms in total. The molecule has 0 spiro atoms. The number of pyridine rings is 1. The molecule has 2 amide bonds. The zero-order valence-electron chi connectivity index (χ0n) is 26.8. The Hall–Kier alpha value is -5.00. The van der Waals surface area contributed by atoms with E-state index < -0.39 is 30.3 Å². The number of benzene rings is 2. The number of ether oxygens (including phenoxy) is 3. The fourth-order valence-corrected chi connectivity index (χ4v) is 4.86. The minimum atomic E-state index is -2.98. The van der Waals surface area contributed by atoms with Crippen LogP contribution in [0.4, 0.5) is 19.3 Å². The topological polar surface area (TPSA) is 117 Å². The monoisotopic (exact) mass is 647 g/mol. The Morgan fingerprint density at radius 3 is 2.49 bits per heavy atom. The molecule has 47 heavy (non-hydrogen) atoms. The van der Waals surface area contributed by atoms with E-state index in [1.807, 2.05) is 35.1 Å². The van der Waals surface area contributed by atoms with Crippen molar-refractivity contribution in [3.63, 3.8) is 0 Å². The van der Waals surface area contributed by atoms with Crippen LogP contribution in [0.1, 0.15) is 57.7 Å². The van der Waals surface area contributed by atoms with Crippen molar-refractivity contribution in [2.45, 2.75) is 71.3 Å². The predicted molar refractivity (Wildman–Crippen MR) is 172 cm³/mol. The molecule has 0 bridgehead atoms. The lowest BCUT2D eigenvalue weighted by atomic mass is 9.99. The lowest BCUT2D eigenvalue weighted by Crippen LogP contribution is -2.43. The number of hydrogen-bond donors (Lipinski definition) is 2. The number of carbonyl (C=O) groups is 2. The van der Waals surface area contributed by atoms with Gasteiger partial charge in [-0.05, 0) is 106 Å². The Balaban J connectivity index is 1.37. The number of nitrogens with zero attached hydrogens (tertiary/aromatic N) is 3. The van der Waals surface area contributed by atoms with Crippen molar-refractivity contribution < 1.29 is 32.6 Å². The minimum absolute atomic E-state index is 0.0114. The highest BCUT2D eigenvalue weighted by Gasteiger charge is 2.25. The molecule has 2 unspecified atom stereocenters. The zero-order valence-corrected chi connectivity index (χ0v) is 26.8. The molecule has 2 atom stereocenters. The van der Waals surface area contributed by atoms with Crippen LogP contribution in [0.2, 0.25) is 0 Å². The highest BCUT2D eigenvalue weighted by molar-refractivity contribution is 5.96. The van der Waals surface area contributed by atoms with Crippen molar-refractivity contribution in [2.75, 3.05) is 11.9 Å². The van der Waals surface area contributed by atoms with Gasteiger partial charge < -0.3 is 24.8 Å². The molecule has 1 saturated carbocycles. The first kappa shape index (κ1) is 33.4. The van der Waals surface area contributed by atoms with E-state index >= 15 is 0 Å². The molecule has 12 heteroatoms. The third-order valence-corrected chi connectivity index (χ3v) is 7.40. The lowest BCUT2D eigenvalue weighted by Gasteiger charge is -2.21. The summed E-state index contributed by atoms with van der Waals surface area (Å²) in [4.78, 5) is 29.0. The van der Waals surface area contributed by atoms with Crippen LogP contribution in [-0.4, -0.2) is 51.6 Å². The van der Waals surface area contributed by atoms with Gasteiger partial charge in [0.25, 0.3) is 0 Å². The van der Waals surface area contributed by atoms with Crippen LogP contribution < -0.4 is 20.1 Å². The summed E-state index contributed by atoms with van der Waals surface area (Å²) in [5.74, 6) is 0.266. The first-order valence-electron chi connectivity index (χ1n) is 15.5. The average Bonchev–Trinajstić information content (AvgIpc) is 3.72. The summed E-state index contributed by atoms with van der Waals surface area (Å²) in [6, 6.07) is 16.8. The molecular formula is C35H39F2N5O5. The van der Waals surface area contributed by atoms with Gasteiger partial charge in [0, 0.05) is 29.8 Å². The summed E-state index contributed by atoms with van der Waals surface area (Å²) in [5.41, 5.74) is 3.06. The van der Waals surface area contributed by atoms with E-state index in [9.17, 15) is 18.4 Å². The standard InChI is InChI=1S/C35H39F2N5O5/c1-22(39-34(44)47-35(2,3)4)32(43)40-27-7-5-6-25(19-27)28-14-17-42(41-28)29(18-23-12-15-38-16-13-23)26-10-11-30(46-33(36)37)31(20-26)45-21-24-8-9-24/h5-7,10-17,19-20,22,24,29,33H,8-9,18,21H2,1-4H3,(H,39,44)(H,40,43). The summed E-state index contributed by atoms with van der Waals surface area (Å²) in [6.45, 7) is 4.27. The molecule has 1 aliphatic carbocycles. The van der Waals surface area contributed by atoms with Gasteiger partial charge in [-0.3, -0.25) is 14.5 Å². The van der Waals surface area contributed by atoms with Crippen LogP contribution in [-0.2, 0) is 16.0 Å². The Morgan fingerprint density at radius 2 is 1.79 bits per heavy atom. The van der Waals surface area contributed by atoms with Crippen LogP contribution in [0, 0.1) is 5.92 Å². The van der Waals surface area contributed by atoms with E-state index in [0.29, 0.717) is 30.3 Å². The van der Waals surface area contributed by atoms with Crippen LogP contribution in [0.15, 0.2) is 79.3 Å². The van der Waals surface area contributed by atoms with E-state index in [2.05, 4.69) is 15.6 Å². The number of hydrogen-bond acceptors (Lipinski definition) is 7. The van der Waals surface area contributed by atoms with Gasteiger partial charge in [0.15, 0.2) is 11.5 Å². The molecule has 4 aromatic rings. The van der Waals surface area contributed by atoms with Gasteiger partial charge in [-0.15, -0.1) is 0 Å². The van der Waals surface area contributed by atoms with Crippen molar-refractivity contribution in [3.05, 3.63) is 90.4 Å². The van der Waals surface area contributed by atoms with Crippen molar-refractivity contribution in [3.8, 4) is 22.8 Å². The van der Waals surface area contributed by atoms with Gasteiger partial charge in [-0.1, -0.05) is 18.2 Å². The molecule has 5 rings (SSSR count). The summed E-state index contributed by atoms with van der Waals surface area (Å²) in [5, 5.41) is 10.3. The number of alkyl carbamates (subject to hydrolysis) is 1. The molecule has 0 radical (unpaired) electrons. The molecule has 2 aromatic carbocycles. The summed E-state index contributed by atoms with van der Waals surface area (Å²) >= 11 is 0. The van der Waals surface area contributed by atoms with Gasteiger partial charge >= 0.3 is 12.7 Å². The Morgan fingerprint density at radius 1 is 1.02 bits per heavy atom. The van der Waals surface area contributed by atoms with Crippen molar-refractivity contribution in [1.29, 1.82) is 0 Å². The van der Waals surface area contributed by atoms with Crippen molar-refractivity contribution in [2.24, 2.45) is 5.92 Å².